The summed E-state index contributed by atoms with van der Waals surface area (Å²) in [6, 6.07) is 42.7. The highest BCUT2D eigenvalue weighted by atomic mass is 15.2. The molecule has 0 spiro atoms. The molecule has 0 radical (unpaired) electrons. The van der Waals surface area contributed by atoms with Gasteiger partial charge in [-0.2, -0.15) is 9.97 Å². The first-order valence-corrected chi connectivity index (χ1v) is 15.0. The van der Waals surface area contributed by atoms with Crippen LogP contribution in [0.3, 0.4) is 0 Å². The van der Waals surface area contributed by atoms with Gasteiger partial charge in [-0.05, 0) is 54.8 Å². The summed E-state index contributed by atoms with van der Waals surface area (Å²) in [6.07, 6.45) is 8.30. The van der Waals surface area contributed by atoms with Crippen LogP contribution >= 0.6 is 0 Å². The minimum absolute atomic E-state index is 0.627. The molecule has 5 heteroatoms. The van der Waals surface area contributed by atoms with Gasteiger partial charge in [-0.1, -0.05) is 103 Å². The molecule has 44 heavy (non-hydrogen) atoms. The quantitative estimate of drug-likeness (QED) is 0.214. The van der Waals surface area contributed by atoms with Gasteiger partial charge in [-0.3, -0.25) is 4.57 Å². The summed E-state index contributed by atoms with van der Waals surface area (Å²) in [5.74, 6) is 2.03. The molecular weight excluding hydrogens is 538 g/mol. The van der Waals surface area contributed by atoms with E-state index in [4.69, 9.17) is 15.0 Å². The summed E-state index contributed by atoms with van der Waals surface area (Å²) in [5.41, 5.74) is 7.74. The first kappa shape index (κ1) is 24.8. The number of allylic oxidation sites excluding steroid dienone is 4. The number of fused-ring (bicyclic) bond motifs is 6. The Hall–Kier alpha value is -5.81. The average Bonchev–Trinajstić information content (AvgIpc) is 3.60. The van der Waals surface area contributed by atoms with E-state index in [1.807, 2.05) is 18.2 Å². The second-order valence-corrected chi connectivity index (χ2v) is 11.2. The van der Waals surface area contributed by atoms with Crippen molar-refractivity contribution in [3.8, 4) is 23.0 Å². The van der Waals surface area contributed by atoms with Gasteiger partial charge in [0.1, 0.15) is 0 Å². The van der Waals surface area contributed by atoms with Crippen molar-refractivity contribution < 1.29 is 0 Å². The lowest BCUT2D eigenvalue weighted by molar-refractivity contribution is 0.913. The highest BCUT2D eigenvalue weighted by Crippen LogP contribution is 2.39. The van der Waals surface area contributed by atoms with Crippen molar-refractivity contribution in [2.75, 3.05) is 0 Å². The molecule has 1 aliphatic carbocycles. The van der Waals surface area contributed by atoms with Gasteiger partial charge in [0.25, 0.3) is 0 Å². The van der Waals surface area contributed by atoms with Gasteiger partial charge in [-0.15, -0.1) is 0 Å². The van der Waals surface area contributed by atoms with Crippen molar-refractivity contribution >= 4 is 49.2 Å². The van der Waals surface area contributed by atoms with Crippen LogP contribution in [0.5, 0.6) is 0 Å². The maximum absolute atomic E-state index is 5.15. The first-order valence-electron chi connectivity index (χ1n) is 15.0. The molecule has 0 bridgehead atoms. The van der Waals surface area contributed by atoms with Crippen LogP contribution in [0.2, 0.25) is 0 Å². The smallest absolute Gasteiger partial charge is 0.238 e. The Balaban J connectivity index is 1.39. The molecule has 208 valence electrons. The van der Waals surface area contributed by atoms with Gasteiger partial charge in [0.15, 0.2) is 11.6 Å². The maximum atomic E-state index is 5.15. The number of para-hydroxylation sites is 3. The molecule has 1 aliphatic rings. The Kier molecular flexibility index (Phi) is 5.56. The molecule has 0 saturated heterocycles. The van der Waals surface area contributed by atoms with E-state index in [1.54, 1.807) is 0 Å². The third-order valence-corrected chi connectivity index (χ3v) is 8.64. The lowest BCUT2D eigenvalue weighted by Crippen LogP contribution is -2.08. The first-order chi connectivity index (χ1) is 21.8. The third kappa shape index (κ3) is 3.83. The Labute approximate surface area is 254 Å². The van der Waals surface area contributed by atoms with Crippen LogP contribution < -0.4 is 0 Å². The highest BCUT2D eigenvalue weighted by Gasteiger charge is 2.21. The van der Waals surface area contributed by atoms with E-state index in [-0.39, 0.29) is 0 Å². The second-order valence-electron chi connectivity index (χ2n) is 11.2. The molecule has 5 aromatic carbocycles. The van der Waals surface area contributed by atoms with Crippen LogP contribution in [0, 0.1) is 0 Å². The van der Waals surface area contributed by atoms with Gasteiger partial charge in [-0.25, -0.2) is 4.98 Å². The number of hydrogen-bond donors (Lipinski definition) is 0. The minimum Gasteiger partial charge on any atom is -0.309 e. The van der Waals surface area contributed by atoms with Crippen molar-refractivity contribution in [3.05, 3.63) is 145 Å². The molecule has 0 amide bonds. The molecule has 0 aliphatic heterocycles. The monoisotopic (exact) mass is 565 g/mol. The molecule has 0 fully saturated rings. The Morgan fingerprint density at radius 1 is 0.500 bits per heavy atom. The molecular formula is C39H27N5. The predicted octanol–water partition coefficient (Wildman–Crippen LogP) is 9.47. The fraction of sp³-hybridized carbons (Fsp3) is 0.0513. The van der Waals surface area contributed by atoms with Crippen LogP contribution in [0.15, 0.2) is 140 Å². The van der Waals surface area contributed by atoms with Crippen LogP contribution in [0.4, 0.5) is 0 Å². The lowest BCUT2D eigenvalue weighted by Gasteiger charge is -2.13. The van der Waals surface area contributed by atoms with Gasteiger partial charge < -0.3 is 4.57 Å². The number of benzene rings is 5. The Morgan fingerprint density at radius 3 is 1.77 bits per heavy atom. The van der Waals surface area contributed by atoms with Crippen LogP contribution in [-0.2, 0) is 0 Å². The van der Waals surface area contributed by atoms with Crippen LogP contribution in [-0.4, -0.2) is 24.1 Å². The minimum atomic E-state index is 0.627. The van der Waals surface area contributed by atoms with E-state index < -0.39 is 0 Å². The van der Waals surface area contributed by atoms with Gasteiger partial charge in [0, 0.05) is 32.8 Å². The molecule has 3 heterocycles. The van der Waals surface area contributed by atoms with Crippen LogP contribution in [0.1, 0.15) is 18.7 Å². The molecule has 0 atom stereocenters. The Bertz CT molecular complexity index is 2430. The van der Waals surface area contributed by atoms with E-state index in [0.29, 0.717) is 11.8 Å². The van der Waals surface area contributed by atoms with E-state index in [9.17, 15) is 0 Å². The van der Waals surface area contributed by atoms with Crippen molar-refractivity contribution in [1.29, 1.82) is 0 Å². The van der Waals surface area contributed by atoms with Crippen molar-refractivity contribution in [3.63, 3.8) is 0 Å². The van der Waals surface area contributed by atoms with Gasteiger partial charge >= 0.3 is 0 Å². The standard InChI is InChI=1S/C39H27N5/c1-4-14-26(15-5-1)37-40-38(27-16-6-2-7-17-27)42-39(41-37)44-34-23-13-11-21-30(34)32-24-35-31(25-36(32)44)29-20-10-12-22-33(29)43(35)28-18-8-3-9-19-28/h1-6,8-16,18-25H,7,17H2. The Morgan fingerprint density at radius 2 is 1.09 bits per heavy atom. The third-order valence-electron chi connectivity index (χ3n) is 8.64. The number of aromatic nitrogens is 5. The molecule has 0 N–H and O–H groups in total. The molecule has 5 nitrogen and oxygen atoms in total. The summed E-state index contributed by atoms with van der Waals surface area (Å²) in [6.45, 7) is 0. The highest BCUT2D eigenvalue weighted by molar-refractivity contribution is 6.18. The van der Waals surface area contributed by atoms with Crippen molar-refractivity contribution in [2.45, 2.75) is 12.8 Å². The molecule has 0 unspecified atom stereocenters. The average molecular weight is 566 g/mol. The SMILES string of the molecule is C1=CCCC(c2nc(-c3ccccc3)nc(-n3c4ccccc4c4cc5c(cc43)c3ccccc3n5-c3ccccc3)n2)=C1. The molecule has 0 saturated carbocycles. The largest absolute Gasteiger partial charge is 0.309 e. The zero-order chi connectivity index (χ0) is 29.0. The van der Waals surface area contributed by atoms with Crippen LogP contribution in [0.25, 0.3) is 72.2 Å². The predicted molar refractivity (Wildman–Crippen MR) is 180 cm³/mol. The van der Waals surface area contributed by atoms with E-state index in [0.717, 1.165) is 57.3 Å². The summed E-state index contributed by atoms with van der Waals surface area (Å²) >= 11 is 0. The zero-order valence-corrected chi connectivity index (χ0v) is 23.9. The number of rotatable bonds is 4. The molecule has 3 aromatic heterocycles. The fourth-order valence-electron chi connectivity index (χ4n) is 6.61. The number of nitrogens with zero attached hydrogens (tertiary/aromatic N) is 5. The summed E-state index contributed by atoms with van der Waals surface area (Å²) in [7, 11) is 0. The van der Waals surface area contributed by atoms with Gasteiger partial charge in [0.2, 0.25) is 5.95 Å². The van der Waals surface area contributed by atoms with E-state index in [2.05, 4.69) is 130 Å². The van der Waals surface area contributed by atoms with Crippen molar-refractivity contribution in [1.82, 2.24) is 24.1 Å². The topological polar surface area (TPSA) is 48.5 Å². The molecule has 8 aromatic rings. The summed E-state index contributed by atoms with van der Waals surface area (Å²) in [4.78, 5) is 15.3. The van der Waals surface area contributed by atoms with E-state index in [1.165, 1.54) is 21.8 Å². The normalized spacial score (nSPS) is 13.3. The molecule has 9 rings (SSSR count). The second kappa shape index (κ2) is 9.89. The maximum Gasteiger partial charge on any atom is 0.238 e. The summed E-state index contributed by atoms with van der Waals surface area (Å²) in [5, 5.41) is 4.73. The van der Waals surface area contributed by atoms with E-state index >= 15 is 0 Å². The lowest BCUT2D eigenvalue weighted by atomic mass is 10.0. The fourth-order valence-corrected chi connectivity index (χ4v) is 6.61. The summed E-state index contributed by atoms with van der Waals surface area (Å²) < 4.78 is 4.59. The number of hydrogen-bond acceptors (Lipinski definition) is 3. The van der Waals surface area contributed by atoms with Crippen molar-refractivity contribution in [2.24, 2.45) is 0 Å². The van der Waals surface area contributed by atoms with Gasteiger partial charge in [0.05, 0.1) is 22.1 Å². The zero-order valence-electron chi connectivity index (χ0n) is 23.9.